The molecule has 0 radical (unpaired) electrons. The maximum absolute atomic E-state index is 12.2. The maximum atomic E-state index is 12.2. The molecule has 0 fully saturated rings. The number of halogens is 1. The topological polar surface area (TPSA) is 105 Å². The van der Waals surface area contributed by atoms with Gasteiger partial charge in [0.2, 0.25) is 5.91 Å². The molecule has 35 heavy (non-hydrogen) atoms. The van der Waals surface area contributed by atoms with E-state index in [1.165, 1.54) is 23.3 Å². The smallest absolute Gasteiger partial charge is 0.407 e. The van der Waals surface area contributed by atoms with Gasteiger partial charge >= 0.3 is 12.1 Å². The predicted molar refractivity (Wildman–Crippen MR) is 137 cm³/mol. The van der Waals surface area contributed by atoms with Crippen molar-refractivity contribution in [3.8, 4) is 11.1 Å². The normalized spacial score (nSPS) is 11.9. The molecule has 0 bridgehead atoms. The number of amides is 2. The third kappa shape index (κ3) is 5.89. The van der Waals surface area contributed by atoms with Crippen molar-refractivity contribution in [3.05, 3.63) is 87.9 Å². The van der Waals surface area contributed by atoms with Crippen molar-refractivity contribution in [2.45, 2.75) is 25.2 Å². The Morgan fingerprint density at radius 1 is 0.914 bits per heavy atom. The number of carbonyl (C=O) groups is 3. The van der Waals surface area contributed by atoms with E-state index in [9.17, 15) is 14.4 Å². The molecule has 3 aromatic rings. The molecule has 0 aliphatic heterocycles. The van der Waals surface area contributed by atoms with Gasteiger partial charge in [-0.3, -0.25) is 4.79 Å². The molecule has 8 heteroatoms. The highest BCUT2D eigenvalue weighted by atomic mass is 79.9. The zero-order valence-electron chi connectivity index (χ0n) is 18.9. The summed E-state index contributed by atoms with van der Waals surface area (Å²) in [6.07, 6.45) is 1.01. The summed E-state index contributed by atoms with van der Waals surface area (Å²) in [6, 6.07) is 20.8. The van der Waals surface area contributed by atoms with Gasteiger partial charge in [-0.2, -0.15) is 0 Å². The molecule has 0 aromatic heterocycles. The molecule has 1 aliphatic rings. The Hall–Kier alpha value is -3.65. The van der Waals surface area contributed by atoms with Crippen molar-refractivity contribution < 1.29 is 24.2 Å². The number of aromatic carboxylic acids is 1. The van der Waals surface area contributed by atoms with Crippen molar-refractivity contribution >= 4 is 39.6 Å². The Morgan fingerprint density at radius 2 is 1.57 bits per heavy atom. The van der Waals surface area contributed by atoms with E-state index in [1.54, 1.807) is 6.07 Å². The average Bonchev–Trinajstić information content (AvgIpc) is 3.17. The lowest BCUT2D eigenvalue weighted by molar-refractivity contribution is -0.116. The van der Waals surface area contributed by atoms with Crippen LogP contribution in [0.3, 0.4) is 0 Å². The first kappa shape index (κ1) is 24.5. The molecule has 1 aliphatic carbocycles. The van der Waals surface area contributed by atoms with Crippen LogP contribution in [0.5, 0.6) is 0 Å². The summed E-state index contributed by atoms with van der Waals surface area (Å²) < 4.78 is 6.01. The monoisotopic (exact) mass is 536 g/mol. The van der Waals surface area contributed by atoms with Crippen molar-refractivity contribution in [2.24, 2.45) is 0 Å². The number of nitrogens with one attached hydrogen (secondary N) is 2. The van der Waals surface area contributed by atoms with Crippen molar-refractivity contribution in [1.82, 2.24) is 5.32 Å². The first-order chi connectivity index (χ1) is 16.9. The van der Waals surface area contributed by atoms with E-state index in [-0.39, 0.29) is 30.4 Å². The second-order valence-electron chi connectivity index (χ2n) is 8.26. The third-order valence-electron chi connectivity index (χ3n) is 5.93. The fraction of sp³-hybridized carbons (Fsp3) is 0.222. The maximum Gasteiger partial charge on any atom is 0.407 e. The summed E-state index contributed by atoms with van der Waals surface area (Å²) in [6.45, 7) is 0.665. The quantitative estimate of drug-likeness (QED) is 0.300. The Labute approximate surface area is 211 Å². The number of anilines is 1. The molecular formula is C27H25BrN2O5. The molecule has 3 aromatic carbocycles. The highest BCUT2D eigenvalue weighted by Gasteiger charge is 2.28. The van der Waals surface area contributed by atoms with Gasteiger partial charge in [-0.25, -0.2) is 9.59 Å². The number of hydrogen-bond donors (Lipinski definition) is 3. The van der Waals surface area contributed by atoms with E-state index in [0.717, 1.165) is 11.1 Å². The van der Waals surface area contributed by atoms with Crippen LogP contribution in [0, 0.1) is 0 Å². The molecule has 0 atom stereocenters. The van der Waals surface area contributed by atoms with Gasteiger partial charge in [0.25, 0.3) is 0 Å². The van der Waals surface area contributed by atoms with Crippen LogP contribution in [0.4, 0.5) is 10.5 Å². The fourth-order valence-electron chi connectivity index (χ4n) is 4.21. The molecule has 2 amide bonds. The Balaban J connectivity index is 1.17. The SMILES string of the molecule is O=C(CCCCNC(=O)OCC1c2ccccc2-c2ccccc21)Nc1ccc(C(=O)O)cc1Br. The molecule has 0 spiro atoms. The van der Waals surface area contributed by atoms with Crippen LogP contribution in [0.2, 0.25) is 0 Å². The third-order valence-corrected chi connectivity index (χ3v) is 6.59. The van der Waals surface area contributed by atoms with Crippen molar-refractivity contribution in [2.75, 3.05) is 18.5 Å². The number of ether oxygens (including phenoxy) is 1. The largest absolute Gasteiger partial charge is 0.478 e. The second-order valence-corrected chi connectivity index (χ2v) is 9.11. The zero-order chi connectivity index (χ0) is 24.8. The van der Waals surface area contributed by atoms with Crippen molar-refractivity contribution in [3.63, 3.8) is 0 Å². The lowest BCUT2D eigenvalue weighted by Gasteiger charge is -2.14. The van der Waals surface area contributed by atoms with Gasteiger partial charge in [0.15, 0.2) is 0 Å². The molecule has 180 valence electrons. The van der Waals surface area contributed by atoms with Crippen LogP contribution >= 0.6 is 15.9 Å². The minimum atomic E-state index is -1.03. The van der Waals surface area contributed by atoms with E-state index in [4.69, 9.17) is 9.84 Å². The van der Waals surface area contributed by atoms with Gasteiger partial charge < -0.3 is 20.5 Å². The minimum absolute atomic E-state index is 0.0146. The van der Waals surface area contributed by atoms with Gasteiger partial charge in [0, 0.05) is 23.4 Å². The van der Waals surface area contributed by atoms with Crippen LogP contribution < -0.4 is 10.6 Å². The molecule has 0 saturated carbocycles. The number of rotatable bonds is 9. The molecule has 0 unspecified atom stereocenters. The van der Waals surface area contributed by atoms with E-state index < -0.39 is 12.1 Å². The summed E-state index contributed by atoms with van der Waals surface area (Å²) in [4.78, 5) is 35.4. The summed E-state index contributed by atoms with van der Waals surface area (Å²) >= 11 is 3.27. The van der Waals surface area contributed by atoms with Crippen LogP contribution in [0.1, 0.15) is 46.7 Å². The number of carboxylic acid groups (broad SMARTS) is 1. The lowest BCUT2D eigenvalue weighted by atomic mass is 9.98. The number of fused-ring (bicyclic) bond motifs is 3. The molecule has 4 rings (SSSR count). The summed E-state index contributed by atoms with van der Waals surface area (Å²) in [5.41, 5.74) is 5.33. The summed E-state index contributed by atoms with van der Waals surface area (Å²) in [7, 11) is 0. The Kier molecular flexibility index (Phi) is 7.82. The molecular weight excluding hydrogens is 512 g/mol. The number of hydrogen-bond acceptors (Lipinski definition) is 4. The highest BCUT2D eigenvalue weighted by Crippen LogP contribution is 2.44. The van der Waals surface area contributed by atoms with Gasteiger partial charge in [0.1, 0.15) is 6.61 Å². The van der Waals surface area contributed by atoms with Crippen LogP contribution in [-0.2, 0) is 9.53 Å². The number of unbranched alkanes of at least 4 members (excludes halogenated alkanes) is 1. The number of carboxylic acids is 1. The first-order valence-electron chi connectivity index (χ1n) is 11.4. The first-order valence-corrected chi connectivity index (χ1v) is 12.1. The zero-order valence-corrected chi connectivity index (χ0v) is 20.5. The predicted octanol–water partition coefficient (Wildman–Crippen LogP) is 5.79. The van der Waals surface area contributed by atoms with Crippen LogP contribution in [-0.4, -0.2) is 36.2 Å². The van der Waals surface area contributed by atoms with E-state index in [0.29, 0.717) is 29.5 Å². The van der Waals surface area contributed by atoms with E-state index in [1.807, 2.05) is 24.3 Å². The lowest BCUT2D eigenvalue weighted by Crippen LogP contribution is -2.27. The van der Waals surface area contributed by atoms with Gasteiger partial charge in [0.05, 0.1) is 11.3 Å². The van der Waals surface area contributed by atoms with Gasteiger partial charge in [-0.1, -0.05) is 48.5 Å². The highest BCUT2D eigenvalue weighted by molar-refractivity contribution is 9.10. The number of alkyl carbamates (subject to hydrolysis) is 1. The summed E-state index contributed by atoms with van der Waals surface area (Å²) in [5, 5.41) is 14.5. The molecule has 0 heterocycles. The minimum Gasteiger partial charge on any atom is -0.478 e. The fourth-order valence-corrected chi connectivity index (χ4v) is 4.69. The molecule has 3 N–H and O–H groups in total. The van der Waals surface area contributed by atoms with E-state index >= 15 is 0 Å². The standard InChI is InChI=1S/C27H25BrN2O5/c28-23-15-17(26(32)33)12-13-24(23)30-25(31)11-5-6-14-29-27(34)35-16-22-20-9-3-1-7-18(20)19-8-2-4-10-21(19)22/h1-4,7-10,12-13,15,22H,5-6,11,14,16H2,(H,29,34)(H,30,31)(H,32,33). The van der Waals surface area contributed by atoms with Gasteiger partial charge in [-0.05, 0) is 69.2 Å². The second kappa shape index (κ2) is 11.2. The van der Waals surface area contributed by atoms with Crippen molar-refractivity contribution in [1.29, 1.82) is 0 Å². The summed E-state index contributed by atoms with van der Waals surface area (Å²) in [5.74, 6) is -1.21. The Bertz CT molecular complexity index is 1210. The average molecular weight is 537 g/mol. The van der Waals surface area contributed by atoms with Gasteiger partial charge in [-0.15, -0.1) is 0 Å². The number of carbonyl (C=O) groups excluding carboxylic acids is 2. The molecule has 7 nitrogen and oxygen atoms in total. The van der Waals surface area contributed by atoms with E-state index in [2.05, 4.69) is 50.8 Å². The number of benzene rings is 3. The van der Waals surface area contributed by atoms with Crippen LogP contribution in [0.15, 0.2) is 71.2 Å². The Morgan fingerprint density at radius 3 is 2.20 bits per heavy atom. The van der Waals surface area contributed by atoms with Crippen LogP contribution in [0.25, 0.3) is 11.1 Å². The molecule has 0 saturated heterocycles.